The third-order valence-electron chi connectivity index (χ3n) is 1.49. The highest BCUT2D eigenvalue weighted by atomic mass is 19.1. The van der Waals surface area contributed by atoms with Crippen molar-refractivity contribution < 1.29 is 9.13 Å². The largest absolute Gasteiger partial charge is 0.489 e. The van der Waals surface area contributed by atoms with Crippen molar-refractivity contribution >= 4 is 0 Å². The van der Waals surface area contributed by atoms with Gasteiger partial charge in [-0.25, -0.2) is 4.39 Å². The summed E-state index contributed by atoms with van der Waals surface area (Å²) in [4.78, 5) is 0. The van der Waals surface area contributed by atoms with Crippen LogP contribution in [0.1, 0.15) is 13.3 Å². The molecule has 13 heavy (non-hydrogen) atoms. The first-order valence-electron chi connectivity index (χ1n) is 4.28. The van der Waals surface area contributed by atoms with Gasteiger partial charge in [0, 0.05) is 12.1 Å². The molecule has 0 heterocycles. The summed E-state index contributed by atoms with van der Waals surface area (Å²) in [6, 6.07) is 6.92. The molecule has 0 saturated carbocycles. The van der Waals surface area contributed by atoms with E-state index in [1.165, 1.54) is 12.1 Å². The van der Waals surface area contributed by atoms with Gasteiger partial charge in [-0.05, 0) is 18.6 Å². The first-order chi connectivity index (χ1) is 6.33. The van der Waals surface area contributed by atoms with Gasteiger partial charge in [0.1, 0.15) is 18.2 Å². The van der Waals surface area contributed by atoms with Crippen molar-refractivity contribution in [2.45, 2.75) is 13.3 Å². The number of ether oxygens (including phenoxy) is 1. The van der Waals surface area contributed by atoms with Crippen LogP contribution in [0.15, 0.2) is 30.4 Å². The molecule has 0 aliphatic carbocycles. The second kappa shape index (κ2) is 5.36. The average molecular weight is 179 g/mol. The summed E-state index contributed by atoms with van der Waals surface area (Å²) < 4.78 is 17.8. The molecule has 1 aromatic carbocycles. The molecule has 0 N–H and O–H groups in total. The second-order valence-electron chi connectivity index (χ2n) is 2.56. The maximum atomic E-state index is 12.6. The molecule has 2 heteroatoms. The topological polar surface area (TPSA) is 9.23 Å². The van der Waals surface area contributed by atoms with Crippen LogP contribution in [0.4, 0.5) is 4.39 Å². The van der Waals surface area contributed by atoms with Gasteiger partial charge in [-0.15, -0.1) is 0 Å². The molecule has 0 bridgehead atoms. The Morgan fingerprint density at radius 1 is 1.54 bits per heavy atom. The van der Waals surface area contributed by atoms with Gasteiger partial charge in [-0.3, -0.25) is 0 Å². The van der Waals surface area contributed by atoms with Crippen molar-refractivity contribution in [2.75, 3.05) is 6.61 Å². The maximum Gasteiger partial charge on any atom is 0.134 e. The molecule has 0 saturated heterocycles. The summed E-state index contributed by atoms with van der Waals surface area (Å²) in [6.45, 7) is 2.53. The van der Waals surface area contributed by atoms with E-state index in [0.29, 0.717) is 12.4 Å². The second-order valence-corrected chi connectivity index (χ2v) is 2.56. The van der Waals surface area contributed by atoms with Crippen LogP contribution < -0.4 is 4.74 Å². The Bertz CT molecular complexity index is 281. The van der Waals surface area contributed by atoms with Gasteiger partial charge in [0.15, 0.2) is 0 Å². The summed E-state index contributed by atoms with van der Waals surface area (Å²) in [5, 5.41) is 0. The van der Waals surface area contributed by atoms with Crippen LogP contribution in [0.3, 0.4) is 0 Å². The molecule has 1 radical (unpaired) electrons. The lowest BCUT2D eigenvalue weighted by molar-refractivity contribution is 0.360. The molecule has 0 aliphatic rings. The Kier molecular flexibility index (Phi) is 4.03. The maximum absolute atomic E-state index is 12.6. The molecule has 1 aromatic rings. The molecular formula is C11H12FO. The highest BCUT2D eigenvalue weighted by Gasteiger charge is 1.93. The van der Waals surface area contributed by atoms with Gasteiger partial charge >= 0.3 is 0 Å². The molecule has 1 nitrogen and oxygen atoms in total. The zero-order valence-corrected chi connectivity index (χ0v) is 7.59. The van der Waals surface area contributed by atoms with Crippen molar-refractivity contribution in [3.05, 3.63) is 42.2 Å². The minimum absolute atomic E-state index is 0.392. The fourth-order valence-corrected chi connectivity index (χ4v) is 0.887. The Labute approximate surface area is 77.8 Å². The van der Waals surface area contributed by atoms with E-state index in [1.807, 2.05) is 19.1 Å². The summed E-state index contributed by atoms with van der Waals surface area (Å²) in [6.07, 6.45) is 4.90. The minimum atomic E-state index is -0.392. The van der Waals surface area contributed by atoms with Crippen LogP contribution in [0.5, 0.6) is 5.75 Å². The summed E-state index contributed by atoms with van der Waals surface area (Å²) in [5.74, 6) is 0.147. The molecule has 0 aromatic heterocycles. The van der Waals surface area contributed by atoms with E-state index in [0.717, 1.165) is 6.42 Å². The Morgan fingerprint density at radius 3 is 3.08 bits per heavy atom. The lowest BCUT2D eigenvalue weighted by atomic mass is 10.3. The Morgan fingerprint density at radius 2 is 2.38 bits per heavy atom. The summed E-state index contributed by atoms with van der Waals surface area (Å²) in [5.41, 5.74) is 0. The quantitative estimate of drug-likeness (QED) is 0.645. The third kappa shape index (κ3) is 3.74. The van der Waals surface area contributed by atoms with E-state index in [2.05, 4.69) is 6.07 Å². The molecule has 69 valence electrons. The van der Waals surface area contributed by atoms with Crippen molar-refractivity contribution in [3.8, 4) is 5.75 Å². The first-order valence-corrected chi connectivity index (χ1v) is 4.28. The minimum Gasteiger partial charge on any atom is -0.489 e. The average Bonchev–Trinajstić information content (AvgIpc) is 2.13. The Hall–Kier alpha value is -1.31. The van der Waals surface area contributed by atoms with Crippen molar-refractivity contribution in [2.24, 2.45) is 0 Å². The smallest absolute Gasteiger partial charge is 0.134 e. The lowest BCUT2D eigenvalue weighted by Crippen LogP contribution is -1.93. The van der Waals surface area contributed by atoms with Gasteiger partial charge < -0.3 is 4.74 Å². The van der Waals surface area contributed by atoms with E-state index in [1.54, 1.807) is 6.07 Å². The van der Waals surface area contributed by atoms with Crippen molar-refractivity contribution in [1.29, 1.82) is 0 Å². The summed E-state index contributed by atoms with van der Waals surface area (Å²) in [7, 11) is 0. The molecule has 0 aliphatic heterocycles. The number of allylic oxidation sites excluding steroid dienone is 1. The van der Waals surface area contributed by atoms with Gasteiger partial charge in [0.25, 0.3) is 0 Å². The molecule has 0 spiro atoms. The van der Waals surface area contributed by atoms with E-state index in [9.17, 15) is 4.39 Å². The van der Waals surface area contributed by atoms with Crippen molar-refractivity contribution in [3.63, 3.8) is 0 Å². The number of rotatable bonds is 4. The van der Waals surface area contributed by atoms with Gasteiger partial charge in [0.05, 0.1) is 0 Å². The van der Waals surface area contributed by atoms with E-state index in [-0.39, 0.29) is 0 Å². The monoisotopic (exact) mass is 179 g/mol. The van der Waals surface area contributed by atoms with E-state index < -0.39 is 5.82 Å². The van der Waals surface area contributed by atoms with E-state index in [4.69, 9.17) is 4.74 Å². The van der Waals surface area contributed by atoms with Crippen LogP contribution in [0.25, 0.3) is 0 Å². The molecular weight excluding hydrogens is 167 g/mol. The predicted molar refractivity (Wildman–Crippen MR) is 50.2 cm³/mol. The van der Waals surface area contributed by atoms with Crippen LogP contribution in [0, 0.1) is 11.9 Å². The molecule has 0 amide bonds. The summed E-state index contributed by atoms with van der Waals surface area (Å²) >= 11 is 0. The third-order valence-corrected chi connectivity index (χ3v) is 1.49. The molecule has 0 fully saturated rings. The SMILES string of the molecule is CCC=CCOc1cc[c]c(F)c1. The first kappa shape index (κ1) is 9.78. The zero-order chi connectivity index (χ0) is 9.52. The van der Waals surface area contributed by atoms with Crippen molar-refractivity contribution in [1.82, 2.24) is 0 Å². The van der Waals surface area contributed by atoms with Crippen LogP contribution in [-0.2, 0) is 0 Å². The molecule has 1 rings (SSSR count). The number of hydrogen-bond acceptors (Lipinski definition) is 1. The van der Waals surface area contributed by atoms with Gasteiger partial charge in [0.2, 0.25) is 0 Å². The number of hydrogen-bond donors (Lipinski definition) is 0. The standard InChI is InChI=1S/C11H12FO/c1-2-3-4-8-13-11-7-5-6-10(12)9-11/h3-5,7,9H,2,8H2,1H3. The fraction of sp³-hybridized carbons (Fsp3) is 0.273. The highest BCUT2D eigenvalue weighted by Crippen LogP contribution is 2.10. The van der Waals surface area contributed by atoms with Crippen LogP contribution in [0.2, 0.25) is 0 Å². The van der Waals surface area contributed by atoms with Crippen LogP contribution in [-0.4, -0.2) is 6.61 Å². The molecule has 0 atom stereocenters. The zero-order valence-electron chi connectivity index (χ0n) is 7.59. The fourth-order valence-electron chi connectivity index (χ4n) is 0.887. The number of benzene rings is 1. The lowest BCUT2D eigenvalue weighted by Gasteiger charge is -2.01. The predicted octanol–water partition coefficient (Wildman–Crippen LogP) is 2.97. The molecule has 0 unspecified atom stereocenters. The number of halogens is 1. The van der Waals surface area contributed by atoms with Crippen LogP contribution >= 0.6 is 0 Å². The normalized spacial score (nSPS) is 10.6. The van der Waals surface area contributed by atoms with Gasteiger partial charge in [-0.2, -0.15) is 0 Å². The Balaban J connectivity index is 2.41. The van der Waals surface area contributed by atoms with E-state index >= 15 is 0 Å². The highest BCUT2D eigenvalue weighted by molar-refractivity contribution is 5.21. The van der Waals surface area contributed by atoms with Gasteiger partial charge in [-0.1, -0.05) is 19.1 Å².